The van der Waals surface area contributed by atoms with Gasteiger partial charge in [-0.1, -0.05) is 0 Å². The van der Waals surface area contributed by atoms with Gasteiger partial charge in [0.1, 0.15) is 19.0 Å². The molecule has 0 heterocycles. The Labute approximate surface area is 109 Å². The number of hydrogen-bond acceptors (Lipinski definition) is 6. The van der Waals surface area contributed by atoms with Crippen LogP contribution < -0.4 is 4.74 Å². The van der Waals surface area contributed by atoms with E-state index in [-0.39, 0.29) is 30.2 Å². The Bertz CT molecular complexity index is 448. The van der Waals surface area contributed by atoms with Crippen LogP contribution in [0.3, 0.4) is 0 Å². The highest BCUT2D eigenvalue weighted by molar-refractivity contribution is 5.77. The van der Waals surface area contributed by atoms with Crippen molar-refractivity contribution < 1.29 is 24.3 Å². The van der Waals surface area contributed by atoms with Gasteiger partial charge in [0.05, 0.1) is 11.5 Å². The Balaban J connectivity index is 2.72. The van der Waals surface area contributed by atoms with E-state index in [2.05, 4.69) is 0 Å². The molecular weight excluding hydrogens is 254 g/mol. The summed E-state index contributed by atoms with van der Waals surface area (Å²) in [5.41, 5.74) is -0.123. The van der Waals surface area contributed by atoms with E-state index in [0.29, 0.717) is 12.9 Å². The van der Waals surface area contributed by atoms with Crippen LogP contribution in [0, 0.1) is 10.1 Å². The number of hydrogen-bond donors (Lipinski definition) is 1. The predicted molar refractivity (Wildman–Crippen MR) is 66.5 cm³/mol. The van der Waals surface area contributed by atoms with Gasteiger partial charge >= 0.3 is 5.69 Å². The van der Waals surface area contributed by atoms with Gasteiger partial charge in [0.2, 0.25) is 0 Å². The molecule has 0 saturated carbocycles. The van der Waals surface area contributed by atoms with Gasteiger partial charge in [-0.15, -0.1) is 0 Å². The number of benzene rings is 1. The summed E-state index contributed by atoms with van der Waals surface area (Å²) in [5, 5.41) is 20.3. The zero-order chi connectivity index (χ0) is 14.3. The van der Waals surface area contributed by atoms with E-state index in [9.17, 15) is 20.0 Å². The van der Waals surface area contributed by atoms with Crippen LogP contribution in [0.15, 0.2) is 18.2 Å². The minimum atomic E-state index is -0.870. The SMILES string of the molecule is CCOCC(O)COc1ccc(C=O)cc1[N+](=O)[O-]. The summed E-state index contributed by atoms with van der Waals surface area (Å²) in [6.45, 7) is 2.22. The van der Waals surface area contributed by atoms with Crippen LogP contribution in [0.1, 0.15) is 17.3 Å². The number of nitro benzene ring substituents is 1. The van der Waals surface area contributed by atoms with Gasteiger partial charge in [0, 0.05) is 18.2 Å². The van der Waals surface area contributed by atoms with Gasteiger partial charge in [-0.2, -0.15) is 0 Å². The molecule has 7 heteroatoms. The average molecular weight is 269 g/mol. The van der Waals surface area contributed by atoms with Crippen LogP contribution in [-0.4, -0.2) is 42.2 Å². The normalized spacial score (nSPS) is 11.9. The van der Waals surface area contributed by atoms with Crippen LogP contribution in [0.4, 0.5) is 5.69 Å². The molecule has 1 N–H and O–H groups in total. The number of aliphatic hydroxyl groups is 1. The van der Waals surface area contributed by atoms with Crippen LogP contribution >= 0.6 is 0 Å². The number of rotatable bonds is 8. The monoisotopic (exact) mass is 269 g/mol. The molecular formula is C12H15NO6. The molecule has 0 radical (unpaired) electrons. The Morgan fingerprint density at radius 2 is 2.21 bits per heavy atom. The molecule has 0 aliphatic carbocycles. The molecule has 0 amide bonds. The van der Waals surface area contributed by atoms with Crippen molar-refractivity contribution in [2.45, 2.75) is 13.0 Å². The van der Waals surface area contributed by atoms with E-state index in [1.807, 2.05) is 0 Å². The molecule has 0 aromatic heterocycles. The summed E-state index contributed by atoms with van der Waals surface area (Å²) >= 11 is 0. The lowest BCUT2D eigenvalue weighted by molar-refractivity contribution is -0.385. The smallest absolute Gasteiger partial charge is 0.311 e. The molecule has 0 saturated heterocycles. The minimum absolute atomic E-state index is 0.00569. The van der Waals surface area contributed by atoms with Crippen LogP contribution in [0.25, 0.3) is 0 Å². The first kappa shape index (κ1) is 15.1. The van der Waals surface area contributed by atoms with Crippen molar-refractivity contribution in [3.8, 4) is 5.75 Å². The molecule has 1 atom stereocenters. The van der Waals surface area contributed by atoms with Gasteiger partial charge in [-0.25, -0.2) is 0 Å². The van der Waals surface area contributed by atoms with Gasteiger partial charge < -0.3 is 14.6 Å². The summed E-state index contributed by atoms with van der Waals surface area (Å²) < 4.78 is 10.2. The van der Waals surface area contributed by atoms with Crippen molar-refractivity contribution in [2.75, 3.05) is 19.8 Å². The van der Waals surface area contributed by atoms with Crippen molar-refractivity contribution in [2.24, 2.45) is 0 Å². The number of ether oxygens (including phenoxy) is 2. The summed E-state index contributed by atoms with van der Waals surface area (Å²) in [4.78, 5) is 20.7. The first-order valence-corrected chi connectivity index (χ1v) is 5.70. The van der Waals surface area contributed by atoms with Gasteiger partial charge in [-0.3, -0.25) is 14.9 Å². The van der Waals surface area contributed by atoms with E-state index in [0.717, 1.165) is 6.07 Å². The van der Waals surface area contributed by atoms with E-state index in [4.69, 9.17) is 9.47 Å². The summed E-state index contributed by atoms with van der Waals surface area (Å²) in [6.07, 6.45) is -0.355. The first-order chi connectivity index (χ1) is 9.08. The average Bonchev–Trinajstić information content (AvgIpc) is 2.42. The molecule has 104 valence electrons. The second kappa shape index (κ2) is 7.45. The minimum Gasteiger partial charge on any atom is -0.484 e. The van der Waals surface area contributed by atoms with Crippen molar-refractivity contribution in [3.05, 3.63) is 33.9 Å². The number of nitrogens with zero attached hydrogens (tertiary/aromatic N) is 1. The lowest BCUT2D eigenvalue weighted by Gasteiger charge is -2.12. The maximum Gasteiger partial charge on any atom is 0.311 e. The highest BCUT2D eigenvalue weighted by Gasteiger charge is 2.17. The molecule has 0 fully saturated rings. The molecule has 1 rings (SSSR count). The molecule has 1 aromatic rings. The molecule has 7 nitrogen and oxygen atoms in total. The van der Waals surface area contributed by atoms with Gasteiger partial charge in [0.15, 0.2) is 5.75 Å². The Morgan fingerprint density at radius 1 is 1.47 bits per heavy atom. The fourth-order valence-electron chi connectivity index (χ4n) is 1.36. The first-order valence-electron chi connectivity index (χ1n) is 5.70. The molecule has 1 unspecified atom stereocenters. The Hall–Kier alpha value is -1.99. The summed E-state index contributed by atoms with van der Waals surface area (Å²) in [6, 6.07) is 3.86. The van der Waals surface area contributed by atoms with E-state index < -0.39 is 11.0 Å². The largest absolute Gasteiger partial charge is 0.484 e. The highest BCUT2D eigenvalue weighted by atomic mass is 16.6. The maximum absolute atomic E-state index is 10.8. The zero-order valence-electron chi connectivity index (χ0n) is 10.4. The topological polar surface area (TPSA) is 98.9 Å². The number of aliphatic hydroxyl groups excluding tert-OH is 1. The molecule has 1 aromatic carbocycles. The van der Waals surface area contributed by atoms with E-state index in [1.165, 1.54) is 12.1 Å². The van der Waals surface area contributed by atoms with E-state index >= 15 is 0 Å². The standard InChI is InChI=1S/C12H15NO6/c1-2-18-7-10(15)8-19-12-4-3-9(6-14)5-11(12)13(16)17/h3-6,10,15H,2,7-8H2,1H3. The van der Waals surface area contributed by atoms with Gasteiger partial charge in [0.25, 0.3) is 0 Å². The highest BCUT2D eigenvalue weighted by Crippen LogP contribution is 2.27. The van der Waals surface area contributed by atoms with Crippen molar-refractivity contribution >= 4 is 12.0 Å². The van der Waals surface area contributed by atoms with Crippen LogP contribution in [0.2, 0.25) is 0 Å². The number of nitro groups is 1. The Morgan fingerprint density at radius 3 is 2.79 bits per heavy atom. The maximum atomic E-state index is 10.8. The Kier molecular flexibility index (Phi) is 5.91. The molecule has 0 aliphatic heterocycles. The van der Waals surface area contributed by atoms with Crippen LogP contribution in [0.5, 0.6) is 5.75 Å². The number of aldehydes is 1. The quantitative estimate of drug-likeness (QED) is 0.432. The second-order valence-corrected chi connectivity index (χ2v) is 3.73. The fourth-order valence-corrected chi connectivity index (χ4v) is 1.36. The van der Waals surface area contributed by atoms with Gasteiger partial charge in [-0.05, 0) is 19.1 Å². The van der Waals surface area contributed by atoms with Crippen LogP contribution in [-0.2, 0) is 4.74 Å². The lowest BCUT2D eigenvalue weighted by atomic mass is 10.2. The van der Waals surface area contributed by atoms with Crippen molar-refractivity contribution in [1.29, 1.82) is 0 Å². The molecule has 0 bridgehead atoms. The third-order valence-electron chi connectivity index (χ3n) is 2.26. The number of carbonyl (C=O) groups is 1. The third-order valence-corrected chi connectivity index (χ3v) is 2.26. The fraction of sp³-hybridized carbons (Fsp3) is 0.417. The molecule has 19 heavy (non-hydrogen) atoms. The third kappa shape index (κ3) is 4.65. The van der Waals surface area contributed by atoms with E-state index in [1.54, 1.807) is 6.92 Å². The van der Waals surface area contributed by atoms with Crippen molar-refractivity contribution in [3.63, 3.8) is 0 Å². The molecule has 0 aliphatic rings. The number of carbonyl (C=O) groups excluding carboxylic acids is 1. The zero-order valence-corrected chi connectivity index (χ0v) is 10.4. The summed E-state index contributed by atoms with van der Waals surface area (Å²) in [5.74, 6) is 0.00569. The second-order valence-electron chi connectivity index (χ2n) is 3.73. The summed E-state index contributed by atoms with van der Waals surface area (Å²) in [7, 11) is 0. The molecule has 0 spiro atoms. The predicted octanol–water partition coefficient (Wildman–Crippen LogP) is 1.18. The lowest BCUT2D eigenvalue weighted by Crippen LogP contribution is -2.23. The van der Waals surface area contributed by atoms with Crippen molar-refractivity contribution in [1.82, 2.24) is 0 Å².